The van der Waals surface area contributed by atoms with Crippen LogP contribution in [-0.4, -0.2) is 34.0 Å². The maximum Gasteiger partial charge on any atom is 0.246 e. The summed E-state index contributed by atoms with van der Waals surface area (Å²) < 4.78 is 10.7. The van der Waals surface area contributed by atoms with Gasteiger partial charge in [-0.3, -0.25) is 4.79 Å². The van der Waals surface area contributed by atoms with Gasteiger partial charge in [0, 0.05) is 31.1 Å². The Kier molecular flexibility index (Phi) is 5.37. The summed E-state index contributed by atoms with van der Waals surface area (Å²) in [4.78, 5) is 18.9. The summed E-state index contributed by atoms with van der Waals surface area (Å²) in [6, 6.07) is 11.6. The maximum absolute atomic E-state index is 12.5. The van der Waals surface area contributed by atoms with E-state index in [0.29, 0.717) is 36.4 Å². The number of aromatic nitrogens is 2. The van der Waals surface area contributed by atoms with E-state index in [1.54, 1.807) is 24.5 Å². The van der Waals surface area contributed by atoms with Crippen LogP contribution in [-0.2, 0) is 11.2 Å². The molecule has 0 N–H and O–H groups in total. The van der Waals surface area contributed by atoms with Crippen molar-refractivity contribution in [2.75, 3.05) is 13.1 Å². The third-order valence-electron chi connectivity index (χ3n) is 5.08. The number of likely N-dealkylation sites (tertiary alicyclic amines) is 1. The molecule has 1 atom stereocenters. The van der Waals surface area contributed by atoms with E-state index in [9.17, 15) is 4.79 Å². The van der Waals surface area contributed by atoms with Crippen LogP contribution in [0.3, 0.4) is 0 Å². The van der Waals surface area contributed by atoms with Crippen molar-refractivity contribution in [2.45, 2.75) is 26.2 Å². The van der Waals surface area contributed by atoms with E-state index < -0.39 is 0 Å². The normalized spacial score (nSPS) is 17.3. The van der Waals surface area contributed by atoms with Gasteiger partial charge in [-0.25, -0.2) is 0 Å². The van der Waals surface area contributed by atoms with E-state index in [1.807, 2.05) is 42.2 Å². The number of carbonyl (C=O) groups excluding carboxylic acids is 1. The number of nitrogens with zero attached hydrogens (tertiary/aromatic N) is 3. The minimum absolute atomic E-state index is 0.00669. The lowest BCUT2D eigenvalue weighted by Crippen LogP contribution is -2.39. The monoisotopic (exact) mass is 377 g/mol. The predicted molar refractivity (Wildman–Crippen MR) is 105 cm³/mol. The van der Waals surface area contributed by atoms with Crippen LogP contribution >= 0.6 is 0 Å². The van der Waals surface area contributed by atoms with Crippen LogP contribution in [0, 0.1) is 12.8 Å². The lowest BCUT2D eigenvalue weighted by atomic mass is 9.94. The zero-order chi connectivity index (χ0) is 19.3. The number of carbonyl (C=O) groups is 1. The number of hydrogen-bond donors (Lipinski definition) is 0. The Labute approximate surface area is 163 Å². The minimum atomic E-state index is 0.00669. The fourth-order valence-corrected chi connectivity index (χ4v) is 3.59. The summed E-state index contributed by atoms with van der Waals surface area (Å²) in [6.07, 6.45) is 7.58. The second-order valence-corrected chi connectivity index (χ2v) is 7.17. The summed E-state index contributed by atoms with van der Waals surface area (Å²) in [6.45, 7) is 3.51. The Morgan fingerprint density at radius 3 is 3.00 bits per heavy atom. The second-order valence-electron chi connectivity index (χ2n) is 7.17. The zero-order valence-corrected chi connectivity index (χ0v) is 15.9. The van der Waals surface area contributed by atoms with Gasteiger partial charge in [-0.15, -0.1) is 0 Å². The Balaban J connectivity index is 1.38. The quantitative estimate of drug-likeness (QED) is 0.625. The molecule has 28 heavy (non-hydrogen) atoms. The van der Waals surface area contributed by atoms with E-state index in [2.05, 4.69) is 10.1 Å². The van der Waals surface area contributed by atoms with Crippen LogP contribution in [0.2, 0.25) is 0 Å². The van der Waals surface area contributed by atoms with Gasteiger partial charge in [0.2, 0.25) is 17.6 Å². The first-order valence-corrected chi connectivity index (χ1v) is 9.58. The average Bonchev–Trinajstić information content (AvgIpc) is 3.39. The van der Waals surface area contributed by atoms with Crippen LogP contribution in [0.1, 0.15) is 30.1 Å². The van der Waals surface area contributed by atoms with Crippen molar-refractivity contribution in [1.29, 1.82) is 0 Å². The fourth-order valence-electron chi connectivity index (χ4n) is 3.59. The molecule has 1 aliphatic rings. The molecule has 1 unspecified atom stereocenters. The highest BCUT2D eigenvalue weighted by Gasteiger charge is 2.24. The molecule has 3 heterocycles. The van der Waals surface area contributed by atoms with Gasteiger partial charge in [-0.2, -0.15) is 4.98 Å². The Morgan fingerprint density at radius 2 is 2.18 bits per heavy atom. The first-order chi connectivity index (χ1) is 13.7. The molecule has 144 valence electrons. The Morgan fingerprint density at radius 1 is 1.29 bits per heavy atom. The van der Waals surface area contributed by atoms with Crippen molar-refractivity contribution in [1.82, 2.24) is 15.0 Å². The SMILES string of the molecule is Cc1ccccc1-c1noc(CC2CCCN(C(=O)/C=C/c3ccco3)C2)n1. The summed E-state index contributed by atoms with van der Waals surface area (Å²) in [7, 11) is 0. The van der Waals surface area contributed by atoms with Crippen molar-refractivity contribution in [3.63, 3.8) is 0 Å². The van der Waals surface area contributed by atoms with Crippen molar-refractivity contribution >= 4 is 12.0 Å². The van der Waals surface area contributed by atoms with E-state index >= 15 is 0 Å². The van der Waals surface area contributed by atoms with Crippen molar-refractivity contribution < 1.29 is 13.7 Å². The van der Waals surface area contributed by atoms with E-state index in [0.717, 1.165) is 30.5 Å². The molecule has 1 aromatic carbocycles. The van der Waals surface area contributed by atoms with Crippen molar-refractivity contribution in [2.24, 2.45) is 5.92 Å². The molecule has 0 spiro atoms. The van der Waals surface area contributed by atoms with Gasteiger partial charge in [0.25, 0.3) is 0 Å². The van der Waals surface area contributed by atoms with E-state index in [1.165, 1.54) is 0 Å². The maximum atomic E-state index is 12.5. The summed E-state index contributed by atoms with van der Waals surface area (Å²) in [5.74, 6) is 2.26. The van der Waals surface area contributed by atoms with Crippen molar-refractivity contribution in [3.05, 3.63) is 66.0 Å². The smallest absolute Gasteiger partial charge is 0.246 e. The third-order valence-corrected chi connectivity index (χ3v) is 5.08. The molecule has 1 fully saturated rings. The zero-order valence-electron chi connectivity index (χ0n) is 15.9. The standard InChI is InChI=1S/C22H23N3O3/c1-16-6-2-3-9-19(16)22-23-20(28-24-22)14-17-7-4-12-25(15-17)21(26)11-10-18-8-5-13-27-18/h2-3,5-6,8-11,13,17H,4,7,12,14-15H2,1H3/b11-10+. The minimum Gasteiger partial charge on any atom is -0.465 e. The number of benzene rings is 1. The fraction of sp³-hybridized carbons (Fsp3) is 0.318. The number of hydrogen-bond acceptors (Lipinski definition) is 5. The van der Waals surface area contributed by atoms with Crippen LogP contribution in [0.5, 0.6) is 0 Å². The van der Waals surface area contributed by atoms with Gasteiger partial charge in [-0.05, 0) is 49.5 Å². The van der Waals surface area contributed by atoms with Crippen LogP contribution in [0.15, 0.2) is 57.7 Å². The van der Waals surface area contributed by atoms with Crippen molar-refractivity contribution in [3.8, 4) is 11.4 Å². The van der Waals surface area contributed by atoms with Gasteiger partial charge in [0.15, 0.2) is 0 Å². The number of rotatable bonds is 5. The first-order valence-electron chi connectivity index (χ1n) is 9.58. The van der Waals surface area contributed by atoms with E-state index in [-0.39, 0.29) is 5.91 Å². The van der Waals surface area contributed by atoms with Gasteiger partial charge in [0.05, 0.1) is 6.26 Å². The molecule has 1 saturated heterocycles. The Bertz CT molecular complexity index is 959. The Hall–Kier alpha value is -3.15. The molecule has 3 aromatic rings. The number of aryl methyl sites for hydroxylation is 1. The summed E-state index contributed by atoms with van der Waals surface area (Å²) in [5.41, 5.74) is 2.11. The molecule has 1 amide bonds. The molecule has 1 aliphatic heterocycles. The van der Waals surface area contributed by atoms with Crippen LogP contribution in [0.4, 0.5) is 0 Å². The third kappa shape index (κ3) is 4.22. The summed E-state index contributed by atoms with van der Waals surface area (Å²) >= 11 is 0. The molecule has 0 aliphatic carbocycles. The molecule has 6 heteroatoms. The predicted octanol–water partition coefficient (Wildman–Crippen LogP) is 4.13. The highest BCUT2D eigenvalue weighted by molar-refractivity contribution is 5.91. The average molecular weight is 377 g/mol. The van der Waals surface area contributed by atoms with Crippen LogP contribution < -0.4 is 0 Å². The lowest BCUT2D eigenvalue weighted by molar-refractivity contribution is -0.127. The topological polar surface area (TPSA) is 72.4 Å². The van der Waals surface area contributed by atoms with Gasteiger partial charge in [-0.1, -0.05) is 29.4 Å². The largest absolute Gasteiger partial charge is 0.465 e. The molecule has 0 bridgehead atoms. The first kappa shape index (κ1) is 18.2. The van der Waals surface area contributed by atoms with Crippen LogP contribution in [0.25, 0.3) is 17.5 Å². The highest BCUT2D eigenvalue weighted by Crippen LogP contribution is 2.24. The molecule has 6 nitrogen and oxygen atoms in total. The highest BCUT2D eigenvalue weighted by atomic mass is 16.5. The number of amides is 1. The second kappa shape index (κ2) is 8.25. The van der Waals surface area contributed by atoms with E-state index in [4.69, 9.17) is 8.94 Å². The van der Waals surface area contributed by atoms with Gasteiger partial charge >= 0.3 is 0 Å². The molecular formula is C22H23N3O3. The molecule has 0 radical (unpaired) electrons. The summed E-state index contributed by atoms with van der Waals surface area (Å²) in [5, 5.41) is 4.14. The number of furan rings is 1. The molecule has 0 saturated carbocycles. The molecule has 4 rings (SSSR count). The number of piperidine rings is 1. The lowest BCUT2D eigenvalue weighted by Gasteiger charge is -2.31. The molecular weight excluding hydrogens is 354 g/mol. The van der Waals surface area contributed by atoms with Gasteiger partial charge < -0.3 is 13.8 Å². The molecule has 2 aromatic heterocycles. The van der Waals surface area contributed by atoms with Gasteiger partial charge in [0.1, 0.15) is 5.76 Å².